The molecule has 0 bridgehead atoms. The molecule has 3 aromatic carbocycles. The van der Waals surface area contributed by atoms with Gasteiger partial charge in [0.1, 0.15) is 5.54 Å². The molecule has 190 valence electrons. The number of benzene rings is 3. The van der Waals surface area contributed by atoms with Gasteiger partial charge in [-0.2, -0.15) is 0 Å². The smallest absolute Gasteiger partial charge is 0.338 e. The molecule has 0 spiro atoms. The molecule has 1 atom stereocenters. The number of carbonyl (C=O) groups excluding carboxylic acids is 3. The number of hydrogen-bond acceptors (Lipinski definition) is 6. The van der Waals surface area contributed by atoms with Gasteiger partial charge in [-0.25, -0.2) is 4.79 Å². The third-order valence-electron chi connectivity index (χ3n) is 6.19. The molecule has 1 aliphatic heterocycles. The first-order valence-electron chi connectivity index (χ1n) is 11.9. The van der Waals surface area contributed by atoms with Crippen molar-refractivity contribution in [1.29, 1.82) is 0 Å². The zero-order chi connectivity index (χ0) is 26.7. The van der Waals surface area contributed by atoms with Crippen molar-refractivity contribution < 1.29 is 19.1 Å². The van der Waals surface area contributed by atoms with E-state index < -0.39 is 11.5 Å². The maximum Gasteiger partial charge on any atom is 0.338 e. The maximum atomic E-state index is 13.2. The topological polar surface area (TPSA) is 114 Å². The Hall–Kier alpha value is -4.43. The molecule has 0 aromatic heterocycles. The van der Waals surface area contributed by atoms with Gasteiger partial charge in [0.05, 0.1) is 29.1 Å². The van der Waals surface area contributed by atoms with Crippen LogP contribution in [0.3, 0.4) is 0 Å². The van der Waals surface area contributed by atoms with E-state index in [0.717, 1.165) is 5.56 Å². The van der Waals surface area contributed by atoms with E-state index in [4.69, 9.17) is 10.5 Å². The van der Waals surface area contributed by atoms with Gasteiger partial charge in [0.25, 0.3) is 5.91 Å². The van der Waals surface area contributed by atoms with Crippen LogP contribution in [-0.4, -0.2) is 43.4 Å². The maximum absolute atomic E-state index is 13.2. The predicted molar refractivity (Wildman–Crippen MR) is 145 cm³/mol. The number of hydrogen-bond donors (Lipinski definition) is 3. The van der Waals surface area contributed by atoms with Crippen molar-refractivity contribution in [3.05, 3.63) is 95.1 Å². The number of ether oxygens (including phenoxy) is 1. The summed E-state index contributed by atoms with van der Waals surface area (Å²) in [5, 5.41) is 6.26. The number of nitrogens with zero attached hydrogens (tertiary/aromatic N) is 1. The molecule has 0 fully saturated rings. The number of esters is 1. The summed E-state index contributed by atoms with van der Waals surface area (Å²) in [7, 11) is 3.34. The summed E-state index contributed by atoms with van der Waals surface area (Å²) in [5.74, 6) is -0.940. The van der Waals surface area contributed by atoms with Crippen LogP contribution in [0.15, 0.2) is 72.8 Å². The molecule has 2 amide bonds. The molecule has 1 unspecified atom stereocenters. The number of likely N-dealkylation sites (N-methyl/N-ethyl adjacent to an activating group) is 1. The fraction of sp³-hybridized carbons (Fsp3) is 0.207. The summed E-state index contributed by atoms with van der Waals surface area (Å²) in [6.45, 7) is 3.69. The predicted octanol–water partition coefficient (Wildman–Crippen LogP) is 4.06. The molecule has 3 aromatic rings. The van der Waals surface area contributed by atoms with Crippen molar-refractivity contribution >= 4 is 40.4 Å². The van der Waals surface area contributed by atoms with Crippen LogP contribution in [0.2, 0.25) is 0 Å². The van der Waals surface area contributed by atoms with Gasteiger partial charge < -0.3 is 26.0 Å². The van der Waals surface area contributed by atoms with Crippen molar-refractivity contribution in [2.45, 2.75) is 19.4 Å². The second-order valence-corrected chi connectivity index (χ2v) is 9.16. The van der Waals surface area contributed by atoms with Crippen molar-refractivity contribution in [3.63, 3.8) is 0 Å². The minimum Gasteiger partial charge on any atom is -0.462 e. The van der Waals surface area contributed by atoms with Crippen molar-refractivity contribution in [2.24, 2.45) is 5.73 Å². The molecule has 0 radical (unpaired) electrons. The fourth-order valence-electron chi connectivity index (χ4n) is 4.28. The Morgan fingerprint density at radius 1 is 1.00 bits per heavy atom. The molecule has 8 nitrogen and oxygen atoms in total. The number of nitrogens with one attached hydrogen (secondary N) is 2. The van der Waals surface area contributed by atoms with Gasteiger partial charge in [-0.05, 0) is 49.2 Å². The minimum absolute atomic E-state index is 0.207. The lowest BCUT2D eigenvalue weighted by atomic mass is 9.91. The van der Waals surface area contributed by atoms with Crippen LogP contribution >= 0.6 is 0 Å². The molecular formula is C29H30N4O4. The van der Waals surface area contributed by atoms with Crippen LogP contribution in [0, 0.1) is 0 Å². The average molecular weight is 499 g/mol. The first-order valence-corrected chi connectivity index (χ1v) is 11.9. The average Bonchev–Trinajstić information content (AvgIpc) is 3.22. The van der Waals surface area contributed by atoms with E-state index >= 15 is 0 Å². The standard InChI is InChI=1S/C29H30N4O4/c1-5-37-27(35)19-11-16-22-23(17-19)32-26(34)24(22)25(18-9-7-6-8-10-18)31-21-14-12-20(13-15-21)29(2,30)28(36)33(3)4/h6-17,31H,5,30H2,1-4H3,(H,32,34). The van der Waals surface area contributed by atoms with Gasteiger partial charge in [0, 0.05) is 25.3 Å². The van der Waals surface area contributed by atoms with E-state index in [2.05, 4.69) is 10.6 Å². The number of rotatable bonds is 7. The Morgan fingerprint density at radius 3 is 2.30 bits per heavy atom. The van der Waals surface area contributed by atoms with Gasteiger partial charge in [-0.15, -0.1) is 0 Å². The SMILES string of the molecule is CCOC(=O)c1ccc2c(c1)NC(=O)C2=C(Nc1ccc(C(C)(N)C(=O)N(C)C)cc1)c1ccccc1. The zero-order valence-electron chi connectivity index (χ0n) is 21.3. The lowest BCUT2D eigenvalue weighted by Crippen LogP contribution is -2.48. The van der Waals surface area contributed by atoms with Crippen LogP contribution in [0.25, 0.3) is 11.3 Å². The zero-order valence-corrected chi connectivity index (χ0v) is 21.3. The van der Waals surface area contributed by atoms with E-state index in [1.165, 1.54) is 4.90 Å². The van der Waals surface area contributed by atoms with E-state index in [1.54, 1.807) is 58.3 Å². The van der Waals surface area contributed by atoms with E-state index in [1.807, 2.05) is 42.5 Å². The summed E-state index contributed by atoms with van der Waals surface area (Å²) in [6, 6.07) is 21.8. The van der Waals surface area contributed by atoms with Gasteiger partial charge in [0.2, 0.25) is 5.91 Å². The highest BCUT2D eigenvalue weighted by atomic mass is 16.5. The van der Waals surface area contributed by atoms with Gasteiger partial charge in [0.15, 0.2) is 0 Å². The number of amides is 2. The molecule has 4 rings (SSSR count). The summed E-state index contributed by atoms with van der Waals surface area (Å²) < 4.78 is 5.09. The summed E-state index contributed by atoms with van der Waals surface area (Å²) in [6.07, 6.45) is 0. The van der Waals surface area contributed by atoms with Crippen molar-refractivity contribution in [1.82, 2.24) is 4.90 Å². The highest BCUT2D eigenvalue weighted by Gasteiger charge is 2.32. The normalized spacial score (nSPS) is 15.2. The molecule has 37 heavy (non-hydrogen) atoms. The monoisotopic (exact) mass is 498 g/mol. The summed E-state index contributed by atoms with van der Waals surface area (Å²) in [5.41, 5.74) is 9.99. The van der Waals surface area contributed by atoms with E-state index in [0.29, 0.717) is 39.3 Å². The van der Waals surface area contributed by atoms with Crippen LogP contribution in [0.1, 0.15) is 40.9 Å². The van der Waals surface area contributed by atoms with Crippen LogP contribution in [0.4, 0.5) is 11.4 Å². The number of fused-ring (bicyclic) bond motifs is 1. The van der Waals surface area contributed by atoms with Gasteiger partial charge >= 0.3 is 5.97 Å². The van der Waals surface area contributed by atoms with Gasteiger partial charge in [-0.3, -0.25) is 9.59 Å². The highest BCUT2D eigenvalue weighted by molar-refractivity contribution is 6.37. The third kappa shape index (κ3) is 5.10. The minimum atomic E-state index is -1.18. The lowest BCUT2D eigenvalue weighted by molar-refractivity contribution is -0.134. The van der Waals surface area contributed by atoms with E-state index in [-0.39, 0.29) is 18.4 Å². The second kappa shape index (κ2) is 10.3. The van der Waals surface area contributed by atoms with Gasteiger partial charge in [-0.1, -0.05) is 48.5 Å². The molecule has 1 aliphatic rings. The lowest BCUT2D eigenvalue weighted by Gasteiger charge is -2.27. The van der Waals surface area contributed by atoms with E-state index in [9.17, 15) is 14.4 Å². The molecule has 0 saturated carbocycles. The Balaban J connectivity index is 1.75. The number of carbonyl (C=O) groups is 3. The highest BCUT2D eigenvalue weighted by Crippen LogP contribution is 2.38. The molecule has 1 heterocycles. The summed E-state index contributed by atoms with van der Waals surface area (Å²) in [4.78, 5) is 39.4. The Bertz CT molecular complexity index is 1380. The first kappa shape index (κ1) is 25.7. The molecular weight excluding hydrogens is 468 g/mol. The van der Waals surface area contributed by atoms with Crippen LogP contribution in [-0.2, 0) is 19.9 Å². The Labute approximate surface area is 216 Å². The second-order valence-electron chi connectivity index (χ2n) is 9.16. The molecule has 8 heteroatoms. The van der Waals surface area contributed by atoms with Crippen molar-refractivity contribution in [3.8, 4) is 0 Å². The fourth-order valence-corrected chi connectivity index (χ4v) is 4.28. The molecule has 0 saturated heterocycles. The molecule has 0 aliphatic carbocycles. The molecule has 4 N–H and O–H groups in total. The first-order chi connectivity index (χ1) is 17.6. The summed E-state index contributed by atoms with van der Waals surface area (Å²) >= 11 is 0. The largest absolute Gasteiger partial charge is 0.462 e. The Morgan fingerprint density at radius 2 is 1.68 bits per heavy atom. The van der Waals surface area contributed by atoms with Crippen molar-refractivity contribution in [2.75, 3.05) is 31.3 Å². The third-order valence-corrected chi connectivity index (χ3v) is 6.19. The quantitative estimate of drug-likeness (QED) is 0.334. The number of nitrogens with two attached hydrogens (primary N) is 1. The van der Waals surface area contributed by atoms with Crippen LogP contribution in [0.5, 0.6) is 0 Å². The van der Waals surface area contributed by atoms with Crippen LogP contribution < -0.4 is 16.4 Å². The number of anilines is 2. The Kier molecular flexibility index (Phi) is 7.13.